The highest BCUT2D eigenvalue weighted by molar-refractivity contribution is 7.86. The van der Waals surface area contributed by atoms with Crippen LogP contribution in [0.3, 0.4) is 0 Å². The second-order valence-corrected chi connectivity index (χ2v) is 10.6. The van der Waals surface area contributed by atoms with E-state index in [0.29, 0.717) is 36.6 Å². The zero-order chi connectivity index (χ0) is 22.2. The van der Waals surface area contributed by atoms with Gasteiger partial charge in [-0.05, 0) is 43.6 Å². The lowest BCUT2D eigenvalue weighted by Crippen LogP contribution is -2.45. The molecule has 31 heavy (non-hydrogen) atoms. The lowest BCUT2D eigenvalue weighted by molar-refractivity contribution is 0.201. The molecular formula is C21H28FN5O3S. The van der Waals surface area contributed by atoms with E-state index >= 15 is 0 Å². The van der Waals surface area contributed by atoms with E-state index in [2.05, 4.69) is 9.88 Å². The van der Waals surface area contributed by atoms with Crippen molar-refractivity contribution >= 4 is 10.2 Å². The lowest BCUT2D eigenvalue weighted by atomic mass is 9.95. The molecule has 0 spiro atoms. The molecule has 1 saturated heterocycles. The Hall–Kier alpha value is -2.14. The number of piperidine rings is 1. The molecule has 1 N–H and O–H groups in total. The van der Waals surface area contributed by atoms with E-state index < -0.39 is 10.2 Å². The summed E-state index contributed by atoms with van der Waals surface area (Å²) in [6.07, 6.45) is 2.15. The maximum absolute atomic E-state index is 13.4. The highest BCUT2D eigenvalue weighted by atomic mass is 32.2. The summed E-state index contributed by atoms with van der Waals surface area (Å²) in [5, 5.41) is 0. The first-order chi connectivity index (χ1) is 14.7. The third-order valence-electron chi connectivity index (χ3n) is 6.11. The van der Waals surface area contributed by atoms with Crippen LogP contribution in [0.2, 0.25) is 0 Å². The van der Waals surface area contributed by atoms with Crippen LogP contribution in [0.5, 0.6) is 0 Å². The van der Waals surface area contributed by atoms with Crippen LogP contribution in [0.25, 0.3) is 0 Å². The van der Waals surface area contributed by atoms with Crippen LogP contribution in [0.15, 0.2) is 29.1 Å². The van der Waals surface area contributed by atoms with E-state index in [1.807, 2.05) is 6.07 Å². The van der Waals surface area contributed by atoms with Crippen LogP contribution < -0.4 is 5.56 Å². The monoisotopic (exact) mass is 449 g/mol. The molecule has 0 bridgehead atoms. The number of nitrogens with one attached hydrogen (secondary N) is 1. The molecule has 0 aliphatic carbocycles. The van der Waals surface area contributed by atoms with Crippen molar-refractivity contribution in [2.24, 2.45) is 0 Å². The van der Waals surface area contributed by atoms with E-state index in [1.165, 1.54) is 24.5 Å². The molecule has 3 heterocycles. The summed E-state index contributed by atoms with van der Waals surface area (Å²) in [4.78, 5) is 22.6. The van der Waals surface area contributed by atoms with Crippen molar-refractivity contribution in [1.29, 1.82) is 0 Å². The van der Waals surface area contributed by atoms with E-state index in [9.17, 15) is 17.6 Å². The molecule has 168 valence electrons. The number of hydrogen-bond donors (Lipinski definition) is 1. The second-order valence-electron chi connectivity index (χ2n) is 8.43. The third kappa shape index (κ3) is 4.72. The van der Waals surface area contributed by atoms with Crippen LogP contribution in [-0.2, 0) is 29.7 Å². The Kier molecular flexibility index (Phi) is 6.25. The summed E-state index contributed by atoms with van der Waals surface area (Å²) in [6, 6.07) is 6.67. The molecule has 2 aliphatic rings. The van der Waals surface area contributed by atoms with Crippen molar-refractivity contribution in [3.05, 3.63) is 63.1 Å². The normalized spacial score (nSPS) is 19.0. The number of H-pyrrole nitrogens is 1. The summed E-state index contributed by atoms with van der Waals surface area (Å²) >= 11 is 0. The molecule has 1 aromatic carbocycles. The van der Waals surface area contributed by atoms with Gasteiger partial charge < -0.3 is 4.98 Å². The Balaban J connectivity index is 1.43. The predicted molar refractivity (Wildman–Crippen MR) is 115 cm³/mol. The summed E-state index contributed by atoms with van der Waals surface area (Å²) in [5.74, 6) is 0.628. The number of fused-ring (bicyclic) bond motifs is 1. The van der Waals surface area contributed by atoms with Crippen molar-refractivity contribution in [1.82, 2.24) is 23.5 Å². The van der Waals surface area contributed by atoms with Crippen molar-refractivity contribution in [2.45, 2.75) is 38.3 Å². The highest BCUT2D eigenvalue weighted by Crippen LogP contribution is 2.27. The molecule has 8 nitrogen and oxygen atoms in total. The molecule has 0 amide bonds. The fraction of sp³-hybridized carbons (Fsp3) is 0.524. The first-order valence-electron chi connectivity index (χ1n) is 10.5. The van der Waals surface area contributed by atoms with Crippen molar-refractivity contribution < 1.29 is 12.8 Å². The number of hydrogen-bond acceptors (Lipinski definition) is 5. The number of nitrogens with zero attached hydrogens (tertiary/aromatic N) is 4. The summed E-state index contributed by atoms with van der Waals surface area (Å²) in [7, 11) is -0.601. The molecule has 2 aliphatic heterocycles. The Morgan fingerprint density at radius 2 is 1.97 bits per heavy atom. The Bertz CT molecular complexity index is 1110. The third-order valence-corrected chi connectivity index (χ3v) is 8.00. The van der Waals surface area contributed by atoms with Gasteiger partial charge in [-0.3, -0.25) is 9.69 Å². The Morgan fingerprint density at radius 3 is 2.65 bits per heavy atom. The van der Waals surface area contributed by atoms with E-state index in [0.717, 1.165) is 35.8 Å². The van der Waals surface area contributed by atoms with Gasteiger partial charge in [0.2, 0.25) is 0 Å². The number of aromatic amines is 1. The summed E-state index contributed by atoms with van der Waals surface area (Å²) < 4.78 is 40.7. The molecule has 1 aromatic heterocycles. The average Bonchev–Trinajstić information content (AvgIpc) is 2.74. The van der Waals surface area contributed by atoms with E-state index in [1.54, 1.807) is 12.1 Å². The molecule has 10 heteroatoms. The number of likely N-dealkylation sites (tertiary alicyclic amines) is 1. The van der Waals surface area contributed by atoms with Crippen molar-refractivity contribution in [3.63, 3.8) is 0 Å². The van der Waals surface area contributed by atoms with Gasteiger partial charge in [0, 0.05) is 46.1 Å². The van der Waals surface area contributed by atoms with Gasteiger partial charge in [-0.2, -0.15) is 17.0 Å². The fourth-order valence-electron chi connectivity index (χ4n) is 4.30. The van der Waals surface area contributed by atoms with Crippen LogP contribution in [0, 0.1) is 5.82 Å². The van der Waals surface area contributed by atoms with Crippen LogP contribution in [-0.4, -0.2) is 65.6 Å². The maximum atomic E-state index is 13.4. The predicted octanol–water partition coefficient (Wildman–Crippen LogP) is 1.45. The maximum Gasteiger partial charge on any atom is 0.281 e. The van der Waals surface area contributed by atoms with Gasteiger partial charge in [0.15, 0.2) is 0 Å². The number of halogens is 1. The minimum atomic E-state index is -3.57. The van der Waals surface area contributed by atoms with Crippen molar-refractivity contribution in [2.75, 3.05) is 33.7 Å². The van der Waals surface area contributed by atoms with Gasteiger partial charge in [0.25, 0.3) is 15.8 Å². The number of rotatable bonds is 5. The fourth-order valence-corrected chi connectivity index (χ4v) is 5.37. The molecule has 0 atom stereocenters. The number of aromatic nitrogens is 2. The van der Waals surface area contributed by atoms with Gasteiger partial charge in [0.05, 0.1) is 11.3 Å². The van der Waals surface area contributed by atoms with Gasteiger partial charge in [-0.25, -0.2) is 9.37 Å². The van der Waals surface area contributed by atoms with Gasteiger partial charge in [-0.15, -0.1) is 0 Å². The number of benzene rings is 1. The summed E-state index contributed by atoms with van der Waals surface area (Å²) in [6.45, 7) is 2.75. The highest BCUT2D eigenvalue weighted by Gasteiger charge is 2.32. The van der Waals surface area contributed by atoms with Gasteiger partial charge in [0.1, 0.15) is 11.6 Å². The van der Waals surface area contributed by atoms with Gasteiger partial charge >= 0.3 is 0 Å². The standard InChI is InChI=1S/C21H28FN5O3S/c1-25(2)31(29,30)27-11-8-19-18(14-27)21(28)24-20(23-19)16-6-9-26(10-7-16)13-15-4-3-5-17(22)12-15/h3-5,12,16H,6-11,13-14H2,1-2H3,(H,23,24,28). The van der Waals surface area contributed by atoms with Crippen LogP contribution >= 0.6 is 0 Å². The Labute approximate surface area is 181 Å². The van der Waals surface area contributed by atoms with E-state index in [-0.39, 0.29) is 23.8 Å². The molecule has 0 radical (unpaired) electrons. The summed E-state index contributed by atoms with van der Waals surface area (Å²) in [5.41, 5.74) is 1.84. The molecular weight excluding hydrogens is 421 g/mol. The molecule has 2 aromatic rings. The minimum absolute atomic E-state index is 0.0462. The van der Waals surface area contributed by atoms with Crippen LogP contribution in [0.1, 0.15) is 41.4 Å². The minimum Gasteiger partial charge on any atom is -0.310 e. The topological polar surface area (TPSA) is 89.6 Å². The smallest absolute Gasteiger partial charge is 0.281 e. The molecule has 4 rings (SSSR count). The second kappa shape index (κ2) is 8.78. The largest absolute Gasteiger partial charge is 0.310 e. The zero-order valence-corrected chi connectivity index (χ0v) is 18.7. The first-order valence-corrected chi connectivity index (χ1v) is 11.9. The lowest BCUT2D eigenvalue weighted by Gasteiger charge is -2.32. The van der Waals surface area contributed by atoms with Gasteiger partial charge in [-0.1, -0.05) is 12.1 Å². The average molecular weight is 450 g/mol. The molecule has 0 saturated carbocycles. The van der Waals surface area contributed by atoms with Crippen LogP contribution in [0.4, 0.5) is 4.39 Å². The Morgan fingerprint density at radius 1 is 1.23 bits per heavy atom. The molecule has 0 unspecified atom stereocenters. The quantitative estimate of drug-likeness (QED) is 0.746. The first kappa shape index (κ1) is 22.1. The van der Waals surface area contributed by atoms with E-state index in [4.69, 9.17) is 4.98 Å². The molecule has 1 fully saturated rings. The SMILES string of the molecule is CN(C)S(=O)(=O)N1CCc2nc(C3CCN(Cc4cccc(F)c4)CC3)[nH]c(=O)c2C1. The zero-order valence-electron chi connectivity index (χ0n) is 17.8. The van der Waals surface area contributed by atoms with Crippen molar-refractivity contribution in [3.8, 4) is 0 Å².